The lowest BCUT2D eigenvalue weighted by atomic mass is 9.81. The van der Waals surface area contributed by atoms with Gasteiger partial charge in [0.1, 0.15) is 5.75 Å². The molecule has 1 saturated heterocycles. The fourth-order valence-corrected chi connectivity index (χ4v) is 3.14. The molecule has 112 valence electrons. The van der Waals surface area contributed by atoms with Crippen LogP contribution in [0.3, 0.4) is 0 Å². The Morgan fingerprint density at radius 3 is 2.55 bits per heavy atom. The van der Waals surface area contributed by atoms with Crippen LogP contribution in [0.5, 0.6) is 5.75 Å². The lowest BCUT2D eigenvalue weighted by Gasteiger charge is -2.42. The summed E-state index contributed by atoms with van der Waals surface area (Å²) in [5.74, 6) is 0.981. The van der Waals surface area contributed by atoms with Crippen LogP contribution in [-0.4, -0.2) is 37.7 Å². The summed E-state index contributed by atoms with van der Waals surface area (Å²) >= 11 is 0. The fraction of sp³-hybridized carbons (Fsp3) is 0.647. The van der Waals surface area contributed by atoms with Gasteiger partial charge in [0.2, 0.25) is 0 Å². The van der Waals surface area contributed by atoms with Gasteiger partial charge in [0.05, 0.1) is 6.61 Å². The van der Waals surface area contributed by atoms with Crippen LogP contribution in [0.4, 0.5) is 0 Å². The smallest absolute Gasteiger partial charge is 0.119 e. The summed E-state index contributed by atoms with van der Waals surface area (Å²) in [6, 6.07) is 9.04. The summed E-state index contributed by atoms with van der Waals surface area (Å²) in [6.45, 7) is 14.1. The lowest BCUT2D eigenvalue weighted by Crippen LogP contribution is -2.48. The summed E-state index contributed by atoms with van der Waals surface area (Å²) in [5.41, 5.74) is 1.58. The second-order valence-electron chi connectivity index (χ2n) is 6.56. The highest BCUT2D eigenvalue weighted by Crippen LogP contribution is 2.39. The zero-order valence-corrected chi connectivity index (χ0v) is 13.3. The van der Waals surface area contributed by atoms with Crippen LogP contribution in [0.25, 0.3) is 0 Å². The van der Waals surface area contributed by atoms with Gasteiger partial charge in [-0.05, 0) is 30.0 Å². The Hall–Kier alpha value is -1.06. The normalized spacial score (nSPS) is 18.8. The Labute approximate surface area is 123 Å². The SMILES string of the molecule is CCOc1cccc([C@@H](N2CCNCC2)C(C)(C)C)c1. The quantitative estimate of drug-likeness (QED) is 0.914. The van der Waals surface area contributed by atoms with Crippen LogP contribution in [0.15, 0.2) is 24.3 Å². The monoisotopic (exact) mass is 276 g/mol. The number of ether oxygens (including phenoxy) is 1. The van der Waals surface area contributed by atoms with Crippen molar-refractivity contribution in [1.29, 1.82) is 0 Å². The van der Waals surface area contributed by atoms with Crippen molar-refractivity contribution in [2.75, 3.05) is 32.8 Å². The average molecular weight is 276 g/mol. The summed E-state index contributed by atoms with van der Waals surface area (Å²) < 4.78 is 5.67. The Morgan fingerprint density at radius 1 is 1.25 bits per heavy atom. The minimum Gasteiger partial charge on any atom is -0.494 e. The van der Waals surface area contributed by atoms with E-state index in [0.29, 0.717) is 6.04 Å². The van der Waals surface area contributed by atoms with Gasteiger partial charge in [-0.25, -0.2) is 0 Å². The Balaban J connectivity index is 2.28. The molecule has 0 amide bonds. The molecule has 1 N–H and O–H groups in total. The van der Waals surface area contributed by atoms with Crippen molar-refractivity contribution < 1.29 is 4.74 Å². The molecule has 1 heterocycles. The van der Waals surface area contributed by atoms with Gasteiger partial charge in [-0.15, -0.1) is 0 Å². The molecule has 1 aliphatic heterocycles. The predicted octanol–water partition coefficient (Wildman–Crippen LogP) is 3.08. The van der Waals surface area contributed by atoms with E-state index in [1.165, 1.54) is 5.56 Å². The van der Waals surface area contributed by atoms with Crippen molar-refractivity contribution in [2.24, 2.45) is 5.41 Å². The number of benzene rings is 1. The average Bonchev–Trinajstić information content (AvgIpc) is 2.39. The number of hydrogen-bond donors (Lipinski definition) is 1. The molecule has 3 heteroatoms. The first-order valence-corrected chi connectivity index (χ1v) is 7.70. The molecule has 0 unspecified atom stereocenters. The molecule has 1 aromatic rings. The van der Waals surface area contributed by atoms with Crippen LogP contribution in [-0.2, 0) is 0 Å². The van der Waals surface area contributed by atoms with Gasteiger partial charge in [-0.2, -0.15) is 0 Å². The molecule has 0 aromatic heterocycles. The van der Waals surface area contributed by atoms with Gasteiger partial charge in [0, 0.05) is 32.2 Å². The van der Waals surface area contributed by atoms with E-state index in [1.807, 2.05) is 13.0 Å². The maximum atomic E-state index is 5.67. The molecule has 0 bridgehead atoms. The number of piperazine rings is 1. The molecular formula is C17H28N2O. The zero-order chi connectivity index (χ0) is 14.6. The van der Waals surface area contributed by atoms with Gasteiger partial charge in [0.15, 0.2) is 0 Å². The van der Waals surface area contributed by atoms with Crippen molar-refractivity contribution >= 4 is 0 Å². The largest absolute Gasteiger partial charge is 0.494 e. The molecule has 1 aliphatic rings. The minimum absolute atomic E-state index is 0.210. The topological polar surface area (TPSA) is 24.5 Å². The first-order valence-electron chi connectivity index (χ1n) is 7.70. The molecule has 2 rings (SSSR count). The highest BCUT2D eigenvalue weighted by molar-refractivity contribution is 5.31. The standard InChI is InChI=1S/C17H28N2O/c1-5-20-15-8-6-7-14(13-15)16(17(2,3)4)19-11-9-18-10-12-19/h6-8,13,16,18H,5,9-12H2,1-4H3/t16-/m1/s1. The summed E-state index contributed by atoms with van der Waals surface area (Å²) in [6.07, 6.45) is 0. The van der Waals surface area contributed by atoms with E-state index in [1.54, 1.807) is 0 Å². The second kappa shape index (κ2) is 6.59. The second-order valence-corrected chi connectivity index (χ2v) is 6.56. The predicted molar refractivity (Wildman–Crippen MR) is 84.2 cm³/mol. The van der Waals surface area contributed by atoms with Crippen LogP contribution < -0.4 is 10.1 Å². The van der Waals surface area contributed by atoms with Gasteiger partial charge >= 0.3 is 0 Å². The summed E-state index contributed by atoms with van der Waals surface area (Å²) in [7, 11) is 0. The number of nitrogens with zero attached hydrogens (tertiary/aromatic N) is 1. The molecule has 0 radical (unpaired) electrons. The van der Waals surface area contributed by atoms with Crippen molar-refractivity contribution in [3.63, 3.8) is 0 Å². The first-order chi connectivity index (χ1) is 9.52. The van der Waals surface area contributed by atoms with Crippen LogP contribution >= 0.6 is 0 Å². The van der Waals surface area contributed by atoms with Gasteiger partial charge < -0.3 is 10.1 Å². The zero-order valence-electron chi connectivity index (χ0n) is 13.3. The van der Waals surface area contributed by atoms with Crippen LogP contribution in [0, 0.1) is 5.41 Å². The van der Waals surface area contributed by atoms with E-state index >= 15 is 0 Å². The fourth-order valence-electron chi connectivity index (χ4n) is 3.14. The summed E-state index contributed by atoms with van der Waals surface area (Å²) in [5, 5.41) is 3.44. The van der Waals surface area contributed by atoms with E-state index in [-0.39, 0.29) is 5.41 Å². The third kappa shape index (κ3) is 3.74. The van der Waals surface area contributed by atoms with Gasteiger partial charge in [-0.1, -0.05) is 32.9 Å². The molecule has 20 heavy (non-hydrogen) atoms. The lowest BCUT2D eigenvalue weighted by molar-refractivity contribution is 0.0860. The van der Waals surface area contributed by atoms with E-state index in [9.17, 15) is 0 Å². The van der Waals surface area contributed by atoms with Crippen molar-refractivity contribution in [2.45, 2.75) is 33.7 Å². The van der Waals surface area contributed by atoms with E-state index in [4.69, 9.17) is 4.74 Å². The summed E-state index contributed by atoms with van der Waals surface area (Å²) in [4.78, 5) is 2.60. The van der Waals surface area contributed by atoms with E-state index in [2.05, 4.69) is 49.2 Å². The van der Waals surface area contributed by atoms with Crippen LogP contribution in [0.1, 0.15) is 39.3 Å². The van der Waals surface area contributed by atoms with Crippen molar-refractivity contribution in [3.8, 4) is 5.75 Å². The molecule has 3 nitrogen and oxygen atoms in total. The van der Waals surface area contributed by atoms with Crippen molar-refractivity contribution in [3.05, 3.63) is 29.8 Å². The van der Waals surface area contributed by atoms with Gasteiger partial charge in [-0.3, -0.25) is 4.90 Å². The molecule has 0 saturated carbocycles. The highest BCUT2D eigenvalue weighted by atomic mass is 16.5. The van der Waals surface area contributed by atoms with Crippen molar-refractivity contribution in [1.82, 2.24) is 10.2 Å². The molecule has 0 aliphatic carbocycles. The molecule has 1 fully saturated rings. The Kier molecular flexibility index (Phi) is 5.06. The molecule has 0 spiro atoms. The van der Waals surface area contributed by atoms with E-state index in [0.717, 1.165) is 38.5 Å². The third-order valence-corrected chi connectivity index (χ3v) is 3.82. The maximum Gasteiger partial charge on any atom is 0.119 e. The Morgan fingerprint density at radius 2 is 1.95 bits per heavy atom. The minimum atomic E-state index is 0.210. The molecule has 1 aromatic carbocycles. The number of rotatable bonds is 4. The third-order valence-electron chi connectivity index (χ3n) is 3.82. The van der Waals surface area contributed by atoms with Crippen LogP contribution in [0.2, 0.25) is 0 Å². The molecule has 1 atom stereocenters. The highest BCUT2D eigenvalue weighted by Gasteiger charge is 2.32. The first kappa shape index (κ1) is 15.3. The molecular weight excluding hydrogens is 248 g/mol. The Bertz CT molecular complexity index is 419. The van der Waals surface area contributed by atoms with Gasteiger partial charge in [0.25, 0.3) is 0 Å². The van der Waals surface area contributed by atoms with E-state index < -0.39 is 0 Å². The number of nitrogens with one attached hydrogen (secondary N) is 1. The number of hydrogen-bond acceptors (Lipinski definition) is 3. The maximum absolute atomic E-state index is 5.67.